The van der Waals surface area contributed by atoms with Gasteiger partial charge in [-0.2, -0.15) is 0 Å². The normalized spacial score (nSPS) is 18.7. The first-order chi connectivity index (χ1) is 8.31. The van der Waals surface area contributed by atoms with Crippen molar-refractivity contribution in [3.8, 4) is 0 Å². The summed E-state index contributed by atoms with van der Waals surface area (Å²) in [6.07, 6.45) is 1.83. The van der Waals surface area contributed by atoms with Gasteiger partial charge >= 0.3 is 0 Å². The van der Waals surface area contributed by atoms with Gasteiger partial charge in [0.25, 0.3) is 0 Å². The van der Waals surface area contributed by atoms with E-state index >= 15 is 0 Å². The highest BCUT2D eigenvalue weighted by atomic mass is 35.5. The first kappa shape index (κ1) is 13.3. The van der Waals surface area contributed by atoms with Gasteiger partial charge in [-0.3, -0.25) is 0 Å². The Morgan fingerprint density at radius 2 is 2.29 bits per heavy atom. The molecule has 17 heavy (non-hydrogen) atoms. The molecule has 1 N–H and O–H groups in total. The molecule has 1 aromatic heterocycles. The Balaban J connectivity index is 1.99. The van der Waals surface area contributed by atoms with Crippen LogP contribution in [0.2, 0.25) is 5.02 Å². The van der Waals surface area contributed by atoms with Crippen molar-refractivity contribution in [2.24, 2.45) is 0 Å². The zero-order valence-corrected chi connectivity index (χ0v) is 11.5. The molecule has 96 valence electrons. The van der Waals surface area contributed by atoms with Crippen molar-refractivity contribution in [3.05, 3.63) is 21.3 Å². The summed E-state index contributed by atoms with van der Waals surface area (Å²) in [6, 6.07) is 2.17. The van der Waals surface area contributed by atoms with Crippen molar-refractivity contribution in [3.63, 3.8) is 0 Å². The fourth-order valence-corrected chi connectivity index (χ4v) is 3.17. The van der Waals surface area contributed by atoms with E-state index in [2.05, 4.69) is 12.2 Å². The van der Waals surface area contributed by atoms with Gasteiger partial charge in [0.2, 0.25) is 0 Å². The van der Waals surface area contributed by atoms with E-state index in [9.17, 15) is 0 Å². The summed E-state index contributed by atoms with van der Waals surface area (Å²) in [6.45, 7) is 4.53. The minimum absolute atomic E-state index is 0.0949. The van der Waals surface area contributed by atoms with E-state index in [1.165, 1.54) is 4.88 Å². The van der Waals surface area contributed by atoms with Gasteiger partial charge in [-0.25, -0.2) is 0 Å². The minimum Gasteiger partial charge on any atom is -0.350 e. The number of halogens is 1. The van der Waals surface area contributed by atoms with Crippen LogP contribution in [0.1, 0.15) is 30.7 Å². The van der Waals surface area contributed by atoms with Gasteiger partial charge in [0.05, 0.1) is 18.2 Å². The molecule has 2 rings (SSSR count). The first-order valence-electron chi connectivity index (χ1n) is 6.00. The highest BCUT2D eigenvalue weighted by Crippen LogP contribution is 2.32. The molecule has 2 heterocycles. The lowest BCUT2D eigenvalue weighted by atomic mass is 10.1. The number of rotatable bonds is 6. The number of nitrogens with one attached hydrogen (secondary N) is 1. The average Bonchev–Trinajstić information content (AvgIpc) is 2.95. The van der Waals surface area contributed by atoms with Crippen LogP contribution in [0.15, 0.2) is 11.4 Å². The maximum absolute atomic E-state index is 6.19. The second kappa shape index (κ2) is 6.71. The largest absolute Gasteiger partial charge is 0.350 e. The summed E-state index contributed by atoms with van der Waals surface area (Å²) >= 11 is 7.87. The van der Waals surface area contributed by atoms with E-state index in [4.69, 9.17) is 21.1 Å². The number of ether oxygens (including phenoxy) is 2. The van der Waals surface area contributed by atoms with Crippen molar-refractivity contribution in [1.82, 2.24) is 5.32 Å². The van der Waals surface area contributed by atoms with E-state index in [1.807, 2.05) is 11.4 Å². The van der Waals surface area contributed by atoms with Gasteiger partial charge < -0.3 is 14.8 Å². The zero-order chi connectivity index (χ0) is 12.1. The van der Waals surface area contributed by atoms with Crippen LogP contribution in [0.25, 0.3) is 0 Å². The summed E-state index contributed by atoms with van der Waals surface area (Å²) in [5, 5.41) is 6.36. The Kier molecular flexibility index (Phi) is 5.25. The van der Waals surface area contributed by atoms with Crippen LogP contribution < -0.4 is 5.32 Å². The maximum Gasteiger partial charge on any atom is 0.159 e. The van der Waals surface area contributed by atoms with Gasteiger partial charge in [-0.05, 0) is 24.4 Å². The molecule has 5 heteroatoms. The molecule has 0 aromatic carbocycles. The highest BCUT2D eigenvalue weighted by Gasteiger charge is 2.24. The van der Waals surface area contributed by atoms with E-state index in [1.54, 1.807) is 11.3 Å². The van der Waals surface area contributed by atoms with Crippen LogP contribution in [0.5, 0.6) is 0 Å². The van der Waals surface area contributed by atoms with Gasteiger partial charge in [0.15, 0.2) is 6.29 Å². The number of hydrogen-bond donors (Lipinski definition) is 1. The number of thiophene rings is 1. The second-order valence-electron chi connectivity index (χ2n) is 4.05. The topological polar surface area (TPSA) is 30.5 Å². The van der Waals surface area contributed by atoms with Crippen LogP contribution in [0.3, 0.4) is 0 Å². The van der Waals surface area contributed by atoms with Gasteiger partial charge in [-0.1, -0.05) is 18.5 Å². The van der Waals surface area contributed by atoms with E-state index in [0.717, 1.165) is 24.4 Å². The molecule has 0 radical (unpaired) electrons. The highest BCUT2D eigenvalue weighted by molar-refractivity contribution is 7.10. The lowest BCUT2D eigenvalue weighted by molar-refractivity contribution is -0.0527. The Morgan fingerprint density at radius 1 is 1.53 bits per heavy atom. The van der Waals surface area contributed by atoms with Crippen molar-refractivity contribution in [1.29, 1.82) is 0 Å². The quantitative estimate of drug-likeness (QED) is 0.865. The van der Waals surface area contributed by atoms with E-state index < -0.39 is 0 Å². The summed E-state index contributed by atoms with van der Waals surface area (Å²) in [5.41, 5.74) is 0. The molecule has 1 saturated heterocycles. The van der Waals surface area contributed by atoms with Gasteiger partial charge in [-0.15, -0.1) is 11.3 Å². The van der Waals surface area contributed by atoms with Crippen molar-refractivity contribution in [2.75, 3.05) is 19.8 Å². The second-order valence-corrected chi connectivity index (χ2v) is 5.40. The molecule has 0 bridgehead atoms. The van der Waals surface area contributed by atoms with Crippen LogP contribution in [-0.2, 0) is 9.47 Å². The van der Waals surface area contributed by atoms with Crippen molar-refractivity contribution < 1.29 is 9.47 Å². The molecular formula is C12H18ClNO2S. The first-order valence-corrected chi connectivity index (χ1v) is 7.26. The van der Waals surface area contributed by atoms with E-state index in [0.29, 0.717) is 13.2 Å². The summed E-state index contributed by atoms with van der Waals surface area (Å²) in [5.74, 6) is 0. The molecule has 0 saturated carbocycles. The third kappa shape index (κ3) is 3.66. The summed E-state index contributed by atoms with van der Waals surface area (Å²) in [4.78, 5) is 1.18. The fourth-order valence-electron chi connectivity index (χ4n) is 1.89. The fraction of sp³-hybridized carbons (Fsp3) is 0.667. The standard InChI is InChI=1S/C12H18ClNO2S/c1-2-4-14-10(8-11-15-5-6-16-11)12-9(13)3-7-17-12/h3,7,10-11,14H,2,4-6,8H2,1H3. The molecular weight excluding hydrogens is 258 g/mol. The smallest absolute Gasteiger partial charge is 0.159 e. The van der Waals surface area contributed by atoms with Crippen LogP contribution >= 0.6 is 22.9 Å². The predicted octanol–water partition coefficient (Wildman–Crippen LogP) is 3.21. The molecule has 0 aliphatic carbocycles. The lowest BCUT2D eigenvalue weighted by Crippen LogP contribution is -2.26. The molecule has 0 spiro atoms. The molecule has 1 atom stereocenters. The van der Waals surface area contributed by atoms with Crippen molar-refractivity contribution >= 4 is 22.9 Å². The van der Waals surface area contributed by atoms with Crippen molar-refractivity contribution in [2.45, 2.75) is 32.1 Å². The third-order valence-corrected chi connectivity index (χ3v) is 4.19. The Hall–Kier alpha value is -0.130. The van der Waals surface area contributed by atoms with Crippen LogP contribution in [0.4, 0.5) is 0 Å². The molecule has 1 aromatic rings. The third-order valence-electron chi connectivity index (χ3n) is 2.72. The zero-order valence-electron chi connectivity index (χ0n) is 9.95. The number of hydrogen-bond acceptors (Lipinski definition) is 4. The average molecular weight is 276 g/mol. The molecule has 1 aliphatic heterocycles. The van der Waals surface area contributed by atoms with Gasteiger partial charge in [0.1, 0.15) is 0 Å². The molecule has 1 unspecified atom stereocenters. The van der Waals surface area contributed by atoms with Gasteiger partial charge in [0, 0.05) is 17.3 Å². The maximum atomic E-state index is 6.19. The summed E-state index contributed by atoms with van der Waals surface area (Å²) in [7, 11) is 0. The van der Waals surface area contributed by atoms with Crippen LogP contribution in [0, 0.1) is 0 Å². The predicted molar refractivity (Wildman–Crippen MR) is 70.7 cm³/mol. The monoisotopic (exact) mass is 275 g/mol. The Morgan fingerprint density at radius 3 is 2.88 bits per heavy atom. The molecule has 1 aliphatic rings. The molecule has 1 fully saturated rings. The van der Waals surface area contributed by atoms with Crippen LogP contribution in [-0.4, -0.2) is 26.0 Å². The Labute approximate surface area is 111 Å². The Bertz CT molecular complexity index is 339. The minimum atomic E-state index is -0.0949. The summed E-state index contributed by atoms with van der Waals surface area (Å²) < 4.78 is 11.0. The molecule has 3 nitrogen and oxygen atoms in total. The lowest BCUT2D eigenvalue weighted by Gasteiger charge is -2.20. The molecule has 0 amide bonds. The SMILES string of the molecule is CCCNC(CC1OCCO1)c1sccc1Cl. The van der Waals surface area contributed by atoms with E-state index in [-0.39, 0.29) is 12.3 Å².